The fourth-order valence-electron chi connectivity index (χ4n) is 6.70. The van der Waals surface area contributed by atoms with Crippen molar-refractivity contribution >= 4 is 17.2 Å². The fourth-order valence-corrected chi connectivity index (χ4v) is 7.82. The molecule has 0 radical (unpaired) electrons. The van der Waals surface area contributed by atoms with Crippen LogP contribution in [-0.2, 0) is 17.1 Å². The second kappa shape index (κ2) is 7.98. The summed E-state index contributed by atoms with van der Waals surface area (Å²) < 4.78 is 53.8. The average Bonchev–Trinajstić information content (AvgIpc) is 3.30. The molecule has 2 aromatic carbocycles. The molecule has 11 heteroatoms. The Morgan fingerprint density at radius 2 is 1.88 bits per heavy atom. The maximum atomic E-state index is 15.6. The Morgan fingerprint density at radius 3 is 2.73 bits per heavy atom. The number of rotatable bonds is 1. The number of nitrogens with zero attached hydrogens (tertiary/aromatic N) is 3. The van der Waals surface area contributed by atoms with Crippen LogP contribution in [0.3, 0.4) is 0 Å². The number of fused-ring (bicyclic) bond motifs is 4. The van der Waals surface area contributed by atoms with Gasteiger partial charge < -0.3 is 14.7 Å². The van der Waals surface area contributed by atoms with Crippen LogP contribution in [0.25, 0.3) is 21.6 Å². The summed E-state index contributed by atoms with van der Waals surface area (Å²) in [7, 11) is 0. The van der Waals surface area contributed by atoms with Gasteiger partial charge >= 0.3 is 0 Å². The van der Waals surface area contributed by atoms with E-state index in [1.54, 1.807) is 10.4 Å². The molecule has 0 unspecified atom stereocenters. The highest BCUT2D eigenvalue weighted by Gasteiger charge is 2.50. The van der Waals surface area contributed by atoms with Crippen molar-refractivity contribution < 1.29 is 27.8 Å². The van der Waals surface area contributed by atoms with Gasteiger partial charge in [0, 0.05) is 41.2 Å². The number of halogens is 3. The molecule has 1 amide bonds. The van der Waals surface area contributed by atoms with E-state index < -0.39 is 53.0 Å². The largest absolute Gasteiger partial charge is 0.502 e. The molecule has 4 aliphatic rings. The number of carbonyl (C=O) groups excluding carboxylic acids is 1. The number of hydrogen-bond acceptors (Lipinski definition) is 6. The van der Waals surface area contributed by atoms with Crippen LogP contribution < -0.4 is 10.4 Å². The molecule has 0 bridgehead atoms. The van der Waals surface area contributed by atoms with Gasteiger partial charge in [-0.2, -0.15) is 0 Å². The lowest BCUT2D eigenvalue weighted by Crippen LogP contribution is -2.66. The van der Waals surface area contributed by atoms with Crippen LogP contribution in [-0.4, -0.2) is 46.5 Å². The molecular formula is C29H20F3N3O4S. The molecule has 2 aliphatic heterocycles. The van der Waals surface area contributed by atoms with Gasteiger partial charge in [0.2, 0.25) is 5.43 Å². The Balaban J connectivity index is 1.51. The van der Waals surface area contributed by atoms with E-state index in [1.807, 2.05) is 24.3 Å². The third kappa shape index (κ3) is 2.93. The summed E-state index contributed by atoms with van der Waals surface area (Å²) in [5, 5.41) is 14.3. The lowest BCUT2D eigenvalue weighted by Gasteiger charge is -2.51. The van der Waals surface area contributed by atoms with Crippen molar-refractivity contribution in [1.29, 1.82) is 0 Å². The summed E-state index contributed by atoms with van der Waals surface area (Å²) in [6.45, 7) is 0.561. The number of hydrogen-bond donors (Lipinski definition) is 1. The molecule has 0 spiro atoms. The number of amides is 1. The average molecular weight is 564 g/mol. The van der Waals surface area contributed by atoms with Crippen LogP contribution in [0.5, 0.6) is 5.75 Å². The summed E-state index contributed by atoms with van der Waals surface area (Å²) >= 11 is 1.35. The van der Waals surface area contributed by atoms with Crippen molar-refractivity contribution in [3.05, 3.63) is 98.0 Å². The van der Waals surface area contributed by atoms with Crippen molar-refractivity contribution in [2.45, 2.75) is 24.6 Å². The zero-order valence-corrected chi connectivity index (χ0v) is 21.6. The number of morpholine rings is 1. The Hall–Kier alpha value is -4.09. The number of thiophene rings is 1. The molecule has 7 nitrogen and oxygen atoms in total. The second-order valence-corrected chi connectivity index (χ2v) is 11.3. The summed E-state index contributed by atoms with van der Waals surface area (Å²) in [5.41, 5.74) is 1.63. The van der Waals surface area contributed by atoms with E-state index in [4.69, 9.17) is 4.74 Å². The molecule has 2 atom stereocenters. The minimum atomic E-state index is -3.43. The van der Waals surface area contributed by atoms with Crippen molar-refractivity contribution in [2.75, 3.05) is 24.8 Å². The number of aromatic nitrogens is 1. The van der Waals surface area contributed by atoms with Gasteiger partial charge in [0.1, 0.15) is 12.0 Å². The highest BCUT2D eigenvalue weighted by molar-refractivity contribution is 7.14. The summed E-state index contributed by atoms with van der Waals surface area (Å²) in [4.78, 5) is 28.3. The maximum absolute atomic E-state index is 15.6. The molecule has 1 saturated heterocycles. The Kier molecular flexibility index (Phi) is 4.74. The predicted molar refractivity (Wildman–Crippen MR) is 141 cm³/mol. The molecule has 4 aromatic rings. The van der Waals surface area contributed by atoms with Crippen LogP contribution >= 0.6 is 11.3 Å². The topological polar surface area (TPSA) is 75.0 Å². The monoisotopic (exact) mass is 563 g/mol. The smallest absolute Gasteiger partial charge is 0.280 e. The summed E-state index contributed by atoms with van der Waals surface area (Å²) in [5.74, 6) is -5.64. The van der Waals surface area contributed by atoms with Crippen LogP contribution in [0.15, 0.2) is 58.8 Å². The molecular weight excluding hydrogens is 543 g/mol. The van der Waals surface area contributed by atoms with Crippen molar-refractivity contribution in [3.63, 3.8) is 0 Å². The van der Waals surface area contributed by atoms with E-state index >= 15 is 13.2 Å². The summed E-state index contributed by atoms with van der Waals surface area (Å²) in [6.07, 6.45) is 0.105. The molecule has 8 rings (SSSR count). The standard InChI is InChI=1S/C29H20F3N3O4S/c30-18-6-5-17-22-21-14(11-29(31,32)23(18)22)13-40-27(21)16-4-2-1-3-15(16)24(17)35-20-12-39-10-9-33(20)28(38)25-26(37)19(36)7-8-34(25)35/h1-8,13,20,24,37H,9-12H2/t20-,24-/m1/s1. The zero-order chi connectivity index (χ0) is 27.5. The quantitative estimate of drug-likeness (QED) is 0.367. The van der Waals surface area contributed by atoms with Gasteiger partial charge in [-0.15, -0.1) is 11.3 Å². The number of pyridine rings is 1. The van der Waals surface area contributed by atoms with Gasteiger partial charge in [-0.05, 0) is 33.7 Å². The first-order chi connectivity index (χ1) is 19.3. The van der Waals surface area contributed by atoms with Gasteiger partial charge in [-0.1, -0.05) is 30.3 Å². The normalized spacial score (nSPS) is 21.7. The van der Waals surface area contributed by atoms with E-state index in [0.29, 0.717) is 16.7 Å². The van der Waals surface area contributed by atoms with Crippen molar-refractivity contribution in [2.24, 2.45) is 0 Å². The number of carbonyl (C=O) groups is 1. The first-order valence-electron chi connectivity index (χ1n) is 12.8. The van der Waals surface area contributed by atoms with Crippen molar-refractivity contribution in [1.82, 2.24) is 9.58 Å². The molecule has 1 N–H and O–H groups in total. The Morgan fingerprint density at radius 1 is 1.05 bits per heavy atom. The SMILES string of the molecule is O=C1c2c(O)c(=O)ccn2N([C@@H]2c3ccccc3-c3scc4c3-c3c2ccc(F)c3C(F)(F)C4)[C@@H]2COCCN12. The number of alkyl halides is 2. The van der Waals surface area contributed by atoms with Gasteiger partial charge in [0.25, 0.3) is 11.8 Å². The maximum Gasteiger partial charge on any atom is 0.280 e. The third-order valence-corrected chi connectivity index (χ3v) is 9.38. The lowest BCUT2D eigenvalue weighted by atomic mass is 9.80. The van der Waals surface area contributed by atoms with Crippen LogP contribution in [0.4, 0.5) is 13.2 Å². The molecule has 1 fully saturated rings. The highest BCUT2D eigenvalue weighted by atomic mass is 32.1. The molecule has 40 heavy (non-hydrogen) atoms. The van der Waals surface area contributed by atoms with E-state index in [9.17, 15) is 14.7 Å². The molecule has 202 valence electrons. The molecule has 0 saturated carbocycles. The predicted octanol–water partition coefficient (Wildman–Crippen LogP) is 4.59. The van der Waals surface area contributed by atoms with Gasteiger partial charge in [-0.3, -0.25) is 19.3 Å². The number of benzene rings is 2. The third-order valence-electron chi connectivity index (χ3n) is 8.32. The lowest BCUT2D eigenvalue weighted by molar-refractivity contribution is -0.0197. The number of ether oxygens (including phenoxy) is 1. The first kappa shape index (κ1) is 23.8. The van der Waals surface area contributed by atoms with Crippen molar-refractivity contribution in [3.8, 4) is 27.3 Å². The Labute approximate surface area is 229 Å². The number of aromatic hydroxyl groups is 1. The summed E-state index contributed by atoms with van der Waals surface area (Å²) in [6, 6.07) is 10.5. The Bertz CT molecular complexity index is 1830. The van der Waals surface area contributed by atoms with Crippen LogP contribution in [0.2, 0.25) is 0 Å². The molecule has 2 aromatic heterocycles. The van der Waals surface area contributed by atoms with E-state index in [-0.39, 0.29) is 31.0 Å². The van der Waals surface area contributed by atoms with E-state index in [0.717, 1.165) is 28.1 Å². The molecule has 4 heterocycles. The van der Waals surface area contributed by atoms with Crippen LogP contribution in [0, 0.1) is 5.82 Å². The fraction of sp³-hybridized carbons (Fsp3) is 0.241. The zero-order valence-electron chi connectivity index (χ0n) is 20.7. The molecule has 2 aliphatic carbocycles. The van der Waals surface area contributed by atoms with E-state index in [2.05, 4.69) is 0 Å². The van der Waals surface area contributed by atoms with Gasteiger partial charge in [-0.25, -0.2) is 13.2 Å². The first-order valence-corrected chi connectivity index (χ1v) is 13.7. The minimum absolute atomic E-state index is 0.101. The van der Waals surface area contributed by atoms with Gasteiger partial charge in [0.05, 0.1) is 24.8 Å². The van der Waals surface area contributed by atoms with E-state index in [1.165, 1.54) is 33.2 Å². The highest BCUT2D eigenvalue weighted by Crippen LogP contribution is 2.58. The second-order valence-electron chi connectivity index (χ2n) is 10.4. The minimum Gasteiger partial charge on any atom is -0.502 e. The van der Waals surface area contributed by atoms with Crippen LogP contribution in [0.1, 0.15) is 38.8 Å². The van der Waals surface area contributed by atoms with Gasteiger partial charge in [0.15, 0.2) is 11.4 Å².